The van der Waals surface area contributed by atoms with Crippen LogP contribution in [0.3, 0.4) is 0 Å². The van der Waals surface area contributed by atoms with Crippen LogP contribution in [0.2, 0.25) is 6.32 Å². The van der Waals surface area contributed by atoms with Gasteiger partial charge in [-0.1, -0.05) is 20.3 Å². The highest BCUT2D eigenvalue weighted by Gasteiger charge is 2.59. The van der Waals surface area contributed by atoms with Crippen molar-refractivity contribution in [3.05, 3.63) is 0 Å². The van der Waals surface area contributed by atoms with Gasteiger partial charge in [0.1, 0.15) is 5.54 Å². The Bertz CT molecular complexity index is 630. The van der Waals surface area contributed by atoms with E-state index in [9.17, 15) is 18.3 Å². The van der Waals surface area contributed by atoms with Crippen molar-refractivity contribution >= 4 is 23.3 Å². The van der Waals surface area contributed by atoms with E-state index >= 15 is 0 Å². The number of nitrogens with zero attached hydrogens (tertiary/aromatic N) is 1. The molecule has 1 saturated carbocycles. The molecule has 0 amide bonds. The Hall–Kier alpha value is -0.755. The number of rotatable bonds is 8. The Morgan fingerprint density at radius 1 is 1.40 bits per heavy atom. The van der Waals surface area contributed by atoms with E-state index in [-0.39, 0.29) is 37.3 Å². The van der Waals surface area contributed by atoms with E-state index < -0.39 is 40.8 Å². The van der Waals surface area contributed by atoms with Gasteiger partial charge < -0.3 is 26.6 Å². The molecule has 2 aliphatic rings. The van der Waals surface area contributed by atoms with Crippen LogP contribution >= 0.6 is 0 Å². The van der Waals surface area contributed by atoms with Crippen LogP contribution in [0.25, 0.3) is 0 Å². The molecule has 1 heterocycles. The second-order valence-electron chi connectivity index (χ2n) is 7.69. The first-order valence-corrected chi connectivity index (χ1v) is 9.68. The lowest BCUT2D eigenvalue weighted by atomic mass is 9.78. The minimum Gasteiger partial charge on any atom is -0.480 e. The average Bonchev–Trinajstić information content (AvgIpc) is 2.82. The van der Waals surface area contributed by atoms with Gasteiger partial charge in [0.15, 0.2) is 0 Å². The summed E-state index contributed by atoms with van der Waals surface area (Å²) in [7, 11) is -5.41. The Morgan fingerprint density at radius 3 is 2.40 bits per heavy atom. The van der Waals surface area contributed by atoms with Crippen molar-refractivity contribution in [3.63, 3.8) is 0 Å². The Balaban J connectivity index is 2.08. The summed E-state index contributed by atoms with van der Waals surface area (Å²) < 4.78 is 28.7. The third-order valence-corrected chi connectivity index (χ3v) is 7.04. The van der Waals surface area contributed by atoms with Gasteiger partial charge in [-0.3, -0.25) is 4.79 Å². The minimum absolute atomic E-state index is 0.0396. The SMILES string of the molecule is CC1(C)C(N)C1NS(=O)(=O)N1C[C@H](CCCB(O)O)[C@](N)(C(=O)O)C1. The van der Waals surface area contributed by atoms with E-state index in [0.29, 0.717) is 6.42 Å². The molecule has 1 aliphatic carbocycles. The van der Waals surface area contributed by atoms with Gasteiger partial charge in [0.2, 0.25) is 0 Å². The van der Waals surface area contributed by atoms with Crippen LogP contribution in [0.1, 0.15) is 26.7 Å². The third-order valence-electron chi connectivity index (χ3n) is 5.53. The van der Waals surface area contributed by atoms with Crippen LogP contribution in [0, 0.1) is 11.3 Å². The minimum atomic E-state index is -3.92. The summed E-state index contributed by atoms with van der Waals surface area (Å²) in [5, 5.41) is 27.3. The zero-order valence-corrected chi connectivity index (χ0v) is 15.2. The lowest BCUT2D eigenvalue weighted by molar-refractivity contribution is -0.144. The fourth-order valence-electron chi connectivity index (χ4n) is 3.35. The predicted octanol–water partition coefficient (Wildman–Crippen LogP) is -2.48. The monoisotopic (exact) mass is 378 g/mol. The molecule has 2 unspecified atom stereocenters. The molecule has 0 radical (unpaired) electrons. The van der Waals surface area contributed by atoms with E-state index in [1.54, 1.807) is 0 Å². The summed E-state index contributed by atoms with van der Waals surface area (Å²) in [6.45, 7) is 3.32. The molecule has 25 heavy (non-hydrogen) atoms. The largest absolute Gasteiger partial charge is 0.480 e. The predicted molar refractivity (Wildman–Crippen MR) is 91.4 cm³/mol. The molecule has 2 rings (SSSR count). The topological polar surface area (TPSA) is 179 Å². The zero-order chi connectivity index (χ0) is 19.2. The molecule has 1 aliphatic heterocycles. The lowest BCUT2D eigenvalue weighted by Crippen LogP contribution is -2.55. The van der Waals surface area contributed by atoms with Gasteiger partial charge in [-0.15, -0.1) is 0 Å². The summed E-state index contributed by atoms with van der Waals surface area (Å²) in [5.41, 5.74) is 9.79. The van der Waals surface area contributed by atoms with Crippen LogP contribution in [0.15, 0.2) is 0 Å². The summed E-state index contributed by atoms with van der Waals surface area (Å²) in [4.78, 5) is 11.6. The maximum atomic E-state index is 12.6. The van der Waals surface area contributed by atoms with Crippen LogP contribution in [-0.4, -0.2) is 71.7 Å². The smallest absolute Gasteiger partial charge is 0.451 e. The summed E-state index contributed by atoms with van der Waals surface area (Å²) in [5.74, 6) is -1.90. The second-order valence-corrected chi connectivity index (χ2v) is 9.40. The van der Waals surface area contributed by atoms with Crippen LogP contribution in [0.4, 0.5) is 0 Å². The van der Waals surface area contributed by atoms with Crippen molar-refractivity contribution in [2.45, 2.75) is 50.6 Å². The van der Waals surface area contributed by atoms with Crippen molar-refractivity contribution in [3.8, 4) is 0 Å². The number of aliphatic carboxylic acids is 1. The standard InChI is InChI=1S/C13H27BN4O6S/c1-12(2)9(15)10(12)17-25(23,24)18-6-8(4-3-5-14(21)22)13(16,7-18)11(19)20/h8-10,17,21-22H,3-7,15-16H2,1-2H3,(H,19,20)/t8-,9?,10?,13-/m0/s1. The fraction of sp³-hybridized carbons (Fsp3) is 0.923. The van der Waals surface area contributed by atoms with E-state index in [4.69, 9.17) is 21.5 Å². The Labute approximate surface area is 147 Å². The molecule has 0 aromatic heterocycles. The van der Waals surface area contributed by atoms with Crippen molar-refractivity contribution < 1.29 is 28.4 Å². The van der Waals surface area contributed by atoms with Crippen LogP contribution < -0.4 is 16.2 Å². The molecule has 0 bridgehead atoms. The normalized spacial score (nSPS) is 34.9. The van der Waals surface area contributed by atoms with Gasteiger partial charge in [0.25, 0.3) is 10.2 Å². The van der Waals surface area contributed by atoms with Crippen molar-refractivity contribution in [2.24, 2.45) is 22.8 Å². The first-order valence-electron chi connectivity index (χ1n) is 8.23. The molecule has 12 heteroatoms. The molecule has 10 nitrogen and oxygen atoms in total. The molecule has 8 N–H and O–H groups in total. The second kappa shape index (κ2) is 6.76. The summed E-state index contributed by atoms with van der Waals surface area (Å²) in [6.07, 6.45) is 0.680. The summed E-state index contributed by atoms with van der Waals surface area (Å²) in [6, 6.07) is -0.702. The molecule has 2 fully saturated rings. The molecule has 0 aromatic rings. The highest BCUT2D eigenvalue weighted by atomic mass is 32.2. The Kier molecular flexibility index (Phi) is 5.56. The van der Waals surface area contributed by atoms with E-state index in [2.05, 4.69) is 4.72 Å². The van der Waals surface area contributed by atoms with E-state index in [0.717, 1.165) is 4.31 Å². The maximum absolute atomic E-state index is 12.6. The Morgan fingerprint density at radius 2 is 1.96 bits per heavy atom. The molecule has 4 atom stereocenters. The van der Waals surface area contributed by atoms with Gasteiger partial charge in [-0.05, 0) is 18.2 Å². The molecular weight excluding hydrogens is 351 g/mol. The maximum Gasteiger partial charge on any atom is 0.451 e. The summed E-state index contributed by atoms with van der Waals surface area (Å²) >= 11 is 0. The van der Waals surface area contributed by atoms with Crippen molar-refractivity contribution in [1.82, 2.24) is 9.03 Å². The molecule has 0 aromatic carbocycles. The van der Waals surface area contributed by atoms with E-state index in [1.807, 2.05) is 13.8 Å². The number of nitrogens with two attached hydrogens (primary N) is 2. The number of hydrogen-bond donors (Lipinski definition) is 6. The molecular formula is C13H27BN4O6S. The number of carboxylic acid groups (broad SMARTS) is 1. The highest BCUT2D eigenvalue weighted by molar-refractivity contribution is 7.87. The van der Waals surface area contributed by atoms with E-state index in [1.165, 1.54) is 0 Å². The van der Waals surface area contributed by atoms with Crippen LogP contribution in [0.5, 0.6) is 0 Å². The van der Waals surface area contributed by atoms with Crippen molar-refractivity contribution in [2.75, 3.05) is 13.1 Å². The highest BCUT2D eigenvalue weighted by Crippen LogP contribution is 2.44. The van der Waals surface area contributed by atoms with Gasteiger partial charge in [-0.2, -0.15) is 17.4 Å². The number of nitrogens with one attached hydrogen (secondary N) is 1. The van der Waals surface area contributed by atoms with Crippen LogP contribution in [-0.2, 0) is 15.0 Å². The quantitative estimate of drug-likeness (QED) is 0.251. The molecule has 1 saturated heterocycles. The van der Waals surface area contributed by atoms with Gasteiger partial charge in [-0.25, -0.2) is 0 Å². The van der Waals surface area contributed by atoms with Gasteiger partial charge >= 0.3 is 13.1 Å². The number of carboxylic acids is 1. The average molecular weight is 378 g/mol. The van der Waals surface area contributed by atoms with Crippen molar-refractivity contribution in [1.29, 1.82) is 0 Å². The number of hydrogen-bond acceptors (Lipinski definition) is 7. The lowest BCUT2D eigenvalue weighted by Gasteiger charge is -2.25. The van der Waals surface area contributed by atoms with Gasteiger partial charge in [0, 0.05) is 31.1 Å². The third kappa shape index (κ3) is 4.00. The fourth-order valence-corrected chi connectivity index (χ4v) is 5.03. The molecule has 0 spiro atoms. The number of carbonyl (C=O) groups is 1. The van der Waals surface area contributed by atoms with Gasteiger partial charge in [0.05, 0.1) is 0 Å². The zero-order valence-electron chi connectivity index (χ0n) is 14.4. The first-order chi connectivity index (χ1) is 11.3. The molecule has 144 valence electrons. The first kappa shape index (κ1) is 20.6.